The van der Waals surface area contributed by atoms with E-state index < -0.39 is 18.3 Å². The molecule has 2 bridgehead atoms. The molecule has 4 nitrogen and oxygen atoms in total. The zero-order valence-electron chi connectivity index (χ0n) is 10.3. The number of benzene rings is 1. The summed E-state index contributed by atoms with van der Waals surface area (Å²) < 4.78 is 18.9. The van der Waals surface area contributed by atoms with Crippen LogP contribution in [-0.2, 0) is 11.3 Å². The number of amides is 1. The molecule has 0 radical (unpaired) electrons. The van der Waals surface area contributed by atoms with Crippen LogP contribution in [0.2, 0.25) is 0 Å². The second-order valence-electron chi connectivity index (χ2n) is 4.82. The molecule has 1 saturated carbocycles. The van der Waals surface area contributed by atoms with Crippen molar-refractivity contribution >= 4 is 6.09 Å². The highest BCUT2D eigenvalue weighted by atomic mass is 19.1. The number of carbonyl (C=O) groups is 1. The van der Waals surface area contributed by atoms with Gasteiger partial charge in [0.05, 0.1) is 12.1 Å². The first-order chi connectivity index (χ1) is 9.24. The maximum Gasteiger partial charge on any atom is 0.408 e. The van der Waals surface area contributed by atoms with E-state index in [1.807, 2.05) is 30.3 Å². The van der Waals surface area contributed by atoms with Crippen LogP contribution in [0.15, 0.2) is 42.1 Å². The Kier molecular flexibility index (Phi) is 3.11. The number of rotatable bonds is 3. The molecule has 1 heterocycles. The van der Waals surface area contributed by atoms with Crippen molar-refractivity contribution in [2.24, 2.45) is 0 Å². The lowest BCUT2D eigenvalue weighted by Crippen LogP contribution is -2.46. The topological polar surface area (TPSA) is 50.4 Å². The Morgan fingerprint density at radius 1 is 1.42 bits per heavy atom. The molecule has 100 valence electrons. The van der Waals surface area contributed by atoms with Gasteiger partial charge in [0.15, 0.2) is 0 Å². The molecule has 0 spiro atoms. The van der Waals surface area contributed by atoms with Gasteiger partial charge < -0.3 is 15.4 Å². The van der Waals surface area contributed by atoms with E-state index in [0.717, 1.165) is 11.1 Å². The molecule has 0 aromatic heterocycles. The van der Waals surface area contributed by atoms with E-state index in [0.29, 0.717) is 6.42 Å². The van der Waals surface area contributed by atoms with Gasteiger partial charge in [-0.25, -0.2) is 9.18 Å². The lowest BCUT2D eigenvalue weighted by Gasteiger charge is -2.22. The van der Waals surface area contributed by atoms with E-state index in [9.17, 15) is 9.18 Å². The lowest BCUT2D eigenvalue weighted by atomic mass is 10.1. The fourth-order valence-corrected chi connectivity index (χ4v) is 2.51. The maximum absolute atomic E-state index is 13.8. The van der Waals surface area contributed by atoms with Crippen LogP contribution < -0.4 is 10.6 Å². The summed E-state index contributed by atoms with van der Waals surface area (Å²) in [4.78, 5) is 11.6. The van der Waals surface area contributed by atoms with E-state index >= 15 is 0 Å². The van der Waals surface area contributed by atoms with E-state index in [4.69, 9.17) is 4.74 Å². The van der Waals surface area contributed by atoms with Crippen molar-refractivity contribution in [1.29, 1.82) is 0 Å². The van der Waals surface area contributed by atoms with Crippen LogP contribution in [-0.4, -0.2) is 24.3 Å². The molecule has 5 heteroatoms. The summed E-state index contributed by atoms with van der Waals surface area (Å²) in [7, 11) is 0. The summed E-state index contributed by atoms with van der Waals surface area (Å²) in [5, 5.41) is 5.52. The Hall–Kier alpha value is -2.04. The van der Waals surface area contributed by atoms with Crippen LogP contribution in [0, 0.1) is 0 Å². The third kappa shape index (κ3) is 2.41. The molecule has 1 aliphatic carbocycles. The smallest absolute Gasteiger partial charge is 0.408 e. The molecule has 3 rings (SSSR count). The SMILES string of the molecule is O=C(N[C@@H]1C2=CN[C@H](C2)[C@@H]1F)OCc1ccccc1. The molecule has 2 aliphatic rings. The molecule has 1 aromatic carbocycles. The number of alkyl halides is 1. The quantitative estimate of drug-likeness (QED) is 0.874. The maximum atomic E-state index is 13.8. The largest absolute Gasteiger partial charge is 0.445 e. The second kappa shape index (κ2) is 4.91. The Morgan fingerprint density at radius 3 is 2.89 bits per heavy atom. The van der Waals surface area contributed by atoms with Crippen LogP contribution in [0.4, 0.5) is 9.18 Å². The predicted octanol–water partition coefficient (Wildman–Crippen LogP) is 1.88. The van der Waals surface area contributed by atoms with Crippen molar-refractivity contribution < 1.29 is 13.9 Å². The van der Waals surface area contributed by atoms with E-state index in [-0.39, 0.29) is 12.6 Å². The molecule has 1 aromatic rings. The number of nitrogens with one attached hydrogen (secondary N) is 2. The summed E-state index contributed by atoms with van der Waals surface area (Å²) in [5.74, 6) is 0. The molecule has 1 aliphatic heterocycles. The first-order valence-electron chi connectivity index (χ1n) is 6.30. The first-order valence-corrected chi connectivity index (χ1v) is 6.30. The van der Waals surface area contributed by atoms with Crippen molar-refractivity contribution in [3.05, 3.63) is 47.7 Å². The zero-order chi connectivity index (χ0) is 13.2. The van der Waals surface area contributed by atoms with Gasteiger partial charge in [-0.1, -0.05) is 30.3 Å². The summed E-state index contributed by atoms with van der Waals surface area (Å²) in [6.07, 6.45) is 0.780. The minimum atomic E-state index is -1.08. The Labute approximate surface area is 110 Å². The molecule has 19 heavy (non-hydrogen) atoms. The van der Waals surface area contributed by atoms with Crippen molar-refractivity contribution in [2.75, 3.05) is 0 Å². The van der Waals surface area contributed by atoms with E-state index in [1.54, 1.807) is 6.20 Å². The zero-order valence-corrected chi connectivity index (χ0v) is 10.3. The van der Waals surface area contributed by atoms with Gasteiger partial charge in [0.25, 0.3) is 0 Å². The average Bonchev–Trinajstić information content (AvgIpc) is 3.01. The number of ether oxygens (including phenoxy) is 1. The average molecular weight is 262 g/mol. The van der Waals surface area contributed by atoms with Gasteiger partial charge in [0.2, 0.25) is 0 Å². The van der Waals surface area contributed by atoms with Crippen molar-refractivity contribution in [2.45, 2.75) is 31.3 Å². The van der Waals surface area contributed by atoms with Gasteiger partial charge in [-0.3, -0.25) is 0 Å². The molecular formula is C14H15FN2O2. The summed E-state index contributed by atoms with van der Waals surface area (Å²) >= 11 is 0. The minimum Gasteiger partial charge on any atom is -0.445 e. The van der Waals surface area contributed by atoms with Gasteiger partial charge in [0, 0.05) is 0 Å². The highest BCUT2D eigenvalue weighted by Crippen LogP contribution is 2.32. The Morgan fingerprint density at radius 2 is 2.21 bits per heavy atom. The third-order valence-electron chi connectivity index (χ3n) is 3.53. The Bertz CT molecular complexity index is 503. The van der Waals surface area contributed by atoms with Crippen LogP contribution >= 0.6 is 0 Å². The summed E-state index contributed by atoms with van der Waals surface area (Å²) in [5.41, 5.74) is 1.80. The molecule has 1 fully saturated rings. The highest BCUT2D eigenvalue weighted by molar-refractivity contribution is 5.68. The third-order valence-corrected chi connectivity index (χ3v) is 3.53. The molecule has 3 atom stereocenters. The Balaban J connectivity index is 1.52. The minimum absolute atomic E-state index is 0.192. The monoisotopic (exact) mass is 262 g/mol. The van der Waals surface area contributed by atoms with E-state index in [1.165, 1.54) is 0 Å². The lowest BCUT2D eigenvalue weighted by molar-refractivity contribution is 0.130. The summed E-state index contributed by atoms with van der Waals surface area (Å²) in [6.45, 7) is 0.192. The van der Waals surface area contributed by atoms with Crippen LogP contribution in [0.3, 0.4) is 0 Å². The van der Waals surface area contributed by atoms with Crippen molar-refractivity contribution in [3.8, 4) is 0 Å². The van der Waals surface area contributed by atoms with Crippen LogP contribution in [0.5, 0.6) is 0 Å². The van der Waals surface area contributed by atoms with Gasteiger partial charge in [-0.15, -0.1) is 0 Å². The standard InChI is InChI=1S/C14H15FN2O2/c15-12-11-6-10(7-16-11)13(12)17-14(18)19-8-9-4-2-1-3-5-9/h1-5,7,11-13,16H,6,8H2,(H,17,18)/t11-,12+,13-/m1/s1. The number of hydrogen-bond donors (Lipinski definition) is 2. The molecule has 0 unspecified atom stereocenters. The molecule has 2 N–H and O–H groups in total. The van der Waals surface area contributed by atoms with E-state index in [2.05, 4.69) is 10.6 Å². The highest BCUT2D eigenvalue weighted by Gasteiger charge is 2.44. The number of alkyl carbamates (subject to hydrolysis) is 1. The molecule has 0 saturated heterocycles. The van der Waals surface area contributed by atoms with Crippen molar-refractivity contribution in [3.63, 3.8) is 0 Å². The summed E-state index contributed by atoms with van der Waals surface area (Å²) in [6, 6.07) is 8.64. The molecular weight excluding hydrogens is 247 g/mol. The van der Waals surface area contributed by atoms with Crippen molar-refractivity contribution in [1.82, 2.24) is 10.6 Å². The number of fused-ring (bicyclic) bond motifs is 2. The van der Waals surface area contributed by atoms with Crippen LogP contribution in [0.1, 0.15) is 12.0 Å². The number of halogens is 1. The predicted molar refractivity (Wildman–Crippen MR) is 68.1 cm³/mol. The van der Waals surface area contributed by atoms with Gasteiger partial charge in [-0.05, 0) is 23.8 Å². The first kappa shape index (κ1) is 12.0. The molecule has 1 amide bonds. The fraction of sp³-hybridized carbons (Fsp3) is 0.357. The normalized spacial score (nSPS) is 27.6. The van der Waals surface area contributed by atoms with Gasteiger partial charge >= 0.3 is 6.09 Å². The number of hydrogen-bond acceptors (Lipinski definition) is 3. The second-order valence-corrected chi connectivity index (χ2v) is 4.82. The van der Waals surface area contributed by atoms with Gasteiger partial charge in [-0.2, -0.15) is 0 Å². The van der Waals surface area contributed by atoms with Crippen LogP contribution in [0.25, 0.3) is 0 Å². The number of carbonyl (C=O) groups excluding carboxylic acids is 1. The van der Waals surface area contributed by atoms with Gasteiger partial charge in [0.1, 0.15) is 12.8 Å². The fourth-order valence-electron chi connectivity index (χ4n) is 2.51.